The molecule has 106 valence electrons. The first-order valence-electron chi connectivity index (χ1n) is 5.26. The molecule has 1 aromatic heterocycles. The molecular formula is C12H7F5N2S. The lowest BCUT2D eigenvalue weighted by atomic mass is 10.2. The zero-order chi connectivity index (χ0) is 14.9. The molecule has 0 atom stereocenters. The second kappa shape index (κ2) is 5.66. The van der Waals surface area contributed by atoms with Crippen LogP contribution < -0.4 is 5.73 Å². The van der Waals surface area contributed by atoms with E-state index in [4.69, 9.17) is 5.73 Å². The molecule has 0 amide bonds. The zero-order valence-corrected chi connectivity index (χ0v) is 10.6. The molecule has 0 saturated heterocycles. The fourth-order valence-electron chi connectivity index (χ4n) is 1.40. The Labute approximate surface area is 114 Å². The molecule has 1 aromatic carbocycles. The van der Waals surface area contributed by atoms with Gasteiger partial charge in [-0.05, 0) is 12.1 Å². The van der Waals surface area contributed by atoms with Gasteiger partial charge in [0.15, 0.2) is 23.3 Å². The lowest BCUT2D eigenvalue weighted by Gasteiger charge is -2.07. The van der Waals surface area contributed by atoms with Gasteiger partial charge in [0.05, 0.1) is 16.9 Å². The highest BCUT2D eigenvalue weighted by Crippen LogP contribution is 2.28. The maximum Gasteiger partial charge on any atom is 0.200 e. The zero-order valence-electron chi connectivity index (χ0n) is 9.76. The fraction of sp³-hybridized carbons (Fsp3) is 0.0833. The standard InChI is InChI=1S/C12H7F5N2S/c13-8-6(9(14)11(16)12(17)10(8)15)4-20-7-2-1-5(18)3-19-7/h1-3H,4,18H2. The average Bonchev–Trinajstić information content (AvgIpc) is 2.45. The highest BCUT2D eigenvalue weighted by atomic mass is 32.2. The third-order valence-electron chi connectivity index (χ3n) is 2.42. The van der Waals surface area contributed by atoms with Crippen LogP contribution in [-0.2, 0) is 5.75 Å². The molecule has 2 aromatic rings. The quantitative estimate of drug-likeness (QED) is 0.407. The molecule has 0 aliphatic rings. The van der Waals surface area contributed by atoms with E-state index in [1.807, 2.05) is 0 Å². The van der Waals surface area contributed by atoms with E-state index in [2.05, 4.69) is 4.98 Å². The summed E-state index contributed by atoms with van der Waals surface area (Å²) in [6.45, 7) is 0. The fourth-order valence-corrected chi connectivity index (χ4v) is 2.24. The Balaban J connectivity index is 2.28. The maximum atomic E-state index is 13.4. The van der Waals surface area contributed by atoms with Crippen molar-refractivity contribution >= 4 is 17.4 Å². The van der Waals surface area contributed by atoms with Crippen LogP contribution in [0, 0.1) is 29.1 Å². The summed E-state index contributed by atoms with van der Waals surface area (Å²) in [4.78, 5) is 3.85. The van der Waals surface area contributed by atoms with Gasteiger partial charge >= 0.3 is 0 Å². The highest BCUT2D eigenvalue weighted by molar-refractivity contribution is 7.98. The molecule has 2 rings (SSSR count). The van der Waals surface area contributed by atoms with E-state index in [-0.39, 0.29) is 0 Å². The number of thioether (sulfide) groups is 1. The Morgan fingerprint density at radius 2 is 1.45 bits per heavy atom. The smallest absolute Gasteiger partial charge is 0.200 e. The van der Waals surface area contributed by atoms with Crippen molar-refractivity contribution in [1.82, 2.24) is 4.98 Å². The molecule has 0 saturated carbocycles. The summed E-state index contributed by atoms with van der Waals surface area (Å²) in [6.07, 6.45) is 1.32. The number of nitrogens with zero attached hydrogens (tertiary/aromatic N) is 1. The van der Waals surface area contributed by atoms with Crippen LogP contribution in [0.3, 0.4) is 0 Å². The summed E-state index contributed by atoms with van der Waals surface area (Å²) in [5.74, 6) is -10.2. The molecule has 0 radical (unpaired) electrons. The van der Waals surface area contributed by atoms with Crippen molar-refractivity contribution in [2.75, 3.05) is 5.73 Å². The van der Waals surface area contributed by atoms with Gasteiger partial charge in [0.25, 0.3) is 0 Å². The van der Waals surface area contributed by atoms with E-state index in [9.17, 15) is 22.0 Å². The molecule has 0 bridgehead atoms. The summed E-state index contributed by atoms with van der Waals surface area (Å²) in [6, 6.07) is 2.99. The van der Waals surface area contributed by atoms with Crippen molar-refractivity contribution in [2.45, 2.75) is 10.8 Å². The molecule has 0 aliphatic carbocycles. The number of nitrogens with two attached hydrogens (primary N) is 1. The summed E-state index contributed by atoms with van der Waals surface area (Å²) in [5, 5.41) is 0.350. The number of pyridine rings is 1. The molecule has 2 N–H and O–H groups in total. The first-order valence-corrected chi connectivity index (χ1v) is 6.25. The number of hydrogen-bond acceptors (Lipinski definition) is 3. The normalized spacial score (nSPS) is 10.8. The van der Waals surface area contributed by atoms with E-state index in [1.165, 1.54) is 18.3 Å². The molecule has 0 spiro atoms. The van der Waals surface area contributed by atoms with Crippen molar-refractivity contribution in [1.29, 1.82) is 0 Å². The van der Waals surface area contributed by atoms with Gasteiger partial charge in [-0.1, -0.05) is 0 Å². The van der Waals surface area contributed by atoms with E-state index >= 15 is 0 Å². The van der Waals surface area contributed by atoms with Gasteiger partial charge in [-0.25, -0.2) is 26.9 Å². The molecular weight excluding hydrogens is 299 g/mol. The highest BCUT2D eigenvalue weighted by Gasteiger charge is 2.25. The Morgan fingerprint density at radius 3 is 1.95 bits per heavy atom. The predicted octanol–water partition coefficient (Wildman–Crippen LogP) is 3.65. The van der Waals surface area contributed by atoms with E-state index in [1.54, 1.807) is 0 Å². The van der Waals surface area contributed by atoms with Crippen molar-refractivity contribution in [3.63, 3.8) is 0 Å². The number of rotatable bonds is 3. The number of aromatic nitrogens is 1. The van der Waals surface area contributed by atoms with Gasteiger partial charge < -0.3 is 5.73 Å². The van der Waals surface area contributed by atoms with E-state index in [0.717, 1.165) is 11.8 Å². The minimum atomic E-state index is -2.17. The molecule has 8 heteroatoms. The number of anilines is 1. The Morgan fingerprint density at radius 1 is 0.900 bits per heavy atom. The van der Waals surface area contributed by atoms with Crippen LogP contribution >= 0.6 is 11.8 Å². The monoisotopic (exact) mass is 306 g/mol. The van der Waals surface area contributed by atoms with Gasteiger partial charge in [0.2, 0.25) is 5.82 Å². The molecule has 0 unspecified atom stereocenters. The number of hydrogen-bond donors (Lipinski definition) is 1. The molecule has 20 heavy (non-hydrogen) atoms. The van der Waals surface area contributed by atoms with Crippen LogP contribution in [0.4, 0.5) is 27.6 Å². The van der Waals surface area contributed by atoms with Gasteiger partial charge in [0.1, 0.15) is 0 Å². The first kappa shape index (κ1) is 14.6. The van der Waals surface area contributed by atoms with Crippen LogP contribution in [0.1, 0.15) is 5.56 Å². The van der Waals surface area contributed by atoms with Crippen molar-refractivity contribution in [2.24, 2.45) is 0 Å². The van der Waals surface area contributed by atoms with Crippen LogP contribution in [-0.4, -0.2) is 4.98 Å². The van der Waals surface area contributed by atoms with Crippen LogP contribution in [0.25, 0.3) is 0 Å². The minimum absolute atomic E-state index is 0.350. The lowest BCUT2D eigenvalue weighted by molar-refractivity contribution is 0.372. The summed E-state index contributed by atoms with van der Waals surface area (Å²) >= 11 is 0.831. The summed E-state index contributed by atoms with van der Waals surface area (Å²) < 4.78 is 65.6. The largest absolute Gasteiger partial charge is 0.397 e. The topological polar surface area (TPSA) is 38.9 Å². The van der Waals surface area contributed by atoms with Crippen molar-refractivity contribution in [3.05, 3.63) is 53.0 Å². The number of halogens is 5. The minimum Gasteiger partial charge on any atom is -0.397 e. The molecule has 1 heterocycles. The van der Waals surface area contributed by atoms with Crippen LogP contribution in [0.2, 0.25) is 0 Å². The molecule has 2 nitrogen and oxygen atoms in total. The third-order valence-corrected chi connectivity index (χ3v) is 3.39. The SMILES string of the molecule is Nc1ccc(SCc2c(F)c(F)c(F)c(F)c2F)nc1. The van der Waals surface area contributed by atoms with E-state index < -0.39 is 40.4 Å². The van der Waals surface area contributed by atoms with Crippen molar-refractivity contribution < 1.29 is 22.0 Å². The average molecular weight is 306 g/mol. The van der Waals surface area contributed by atoms with Crippen LogP contribution in [0.15, 0.2) is 23.4 Å². The summed E-state index contributed by atoms with van der Waals surface area (Å²) in [7, 11) is 0. The van der Waals surface area contributed by atoms with Crippen molar-refractivity contribution in [3.8, 4) is 0 Å². The van der Waals surface area contributed by atoms with E-state index in [0.29, 0.717) is 10.7 Å². The first-order chi connectivity index (χ1) is 9.41. The number of benzene rings is 1. The third kappa shape index (κ3) is 2.69. The Kier molecular flexibility index (Phi) is 4.12. The Hall–Kier alpha value is -1.83. The summed E-state index contributed by atoms with van der Waals surface area (Å²) in [5.41, 5.74) is 4.92. The Bertz CT molecular complexity index is 616. The lowest BCUT2D eigenvalue weighted by Crippen LogP contribution is -2.06. The molecule has 0 fully saturated rings. The second-order valence-electron chi connectivity index (χ2n) is 3.77. The predicted molar refractivity (Wildman–Crippen MR) is 64.4 cm³/mol. The van der Waals surface area contributed by atoms with Gasteiger partial charge in [-0.3, -0.25) is 0 Å². The molecule has 0 aliphatic heterocycles. The number of nitrogen functional groups attached to an aromatic ring is 1. The van der Waals surface area contributed by atoms with Gasteiger partial charge in [0, 0.05) is 11.3 Å². The van der Waals surface area contributed by atoms with Crippen LogP contribution in [0.5, 0.6) is 0 Å². The van der Waals surface area contributed by atoms with Gasteiger partial charge in [-0.15, -0.1) is 11.8 Å². The maximum absolute atomic E-state index is 13.4. The second-order valence-corrected chi connectivity index (χ2v) is 4.76. The van der Waals surface area contributed by atoms with Gasteiger partial charge in [-0.2, -0.15) is 0 Å².